The van der Waals surface area contributed by atoms with Crippen molar-refractivity contribution < 1.29 is 14.8 Å². The Balaban J connectivity index is 1.89. The molecule has 1 saturated heterocycles. The Morgan fingerprint density at radius 2 is 2.05 bits per heavy atom. The van der Waals surface area contributed by atoms with E-state index in [1.807, 2.05) is 0 Å². The summed E-state index contributed by atoms with van der Waals surface area (Å²) >= 11 is 0. The smallest absolute Gasteiger partial charge is 0.311 e. The van der Waals surface area contributed by atoms with Gasteiger partial charge in [-0.3, -0.25) is 14.9 Å². The van der Waals surface area contributed by atoms with Gasteiger partial charge < -0.3 is 10.0 Å². The minimum atomic E-state index is -0.667. The number of nitrogens with zero attached hydrogens (tertiary/aromatic N) is 2. The summed E-state index contributed by atoms with van der Waals surface area (Å²) < 4.78 is 0. The summed E-state index contributed by atoms with van der Waals surface area (Å²) in [5.41, 5.74) is -0.379. The van der Waals surface area contributed by atoms with Gasteiger partial charge in [-0.15, -0.1) is 0 Å². The van der Waals surface area contributed by atoms with E-state index in [1.165, 1.54) is 24.6 Å². The number of carbonyl (C=O) groups excluding carboxylic acids is 1. The highest BCUT2D eigenvalue weighted by molar-refractivity contribution is 5.98. The van der Waals surface area contributed by atoms with Crippen LogP contribution in [0.15, 0.2) is 18.2 Å². The average molecular weight is 290 g/mol. The molecule has 1 aromatic rings. The van der Waals surface area contributed by atoms with Gasteiger partial charge in [0.2, 0.25) is 5.75 Å². The van der Waals surface area contributed by atoms with Gasteiger partial charge >= 0.3 is 5.69 Å². The molecule has 2 atom stereocenters. The van der Waals surface area contributed by atoms with Gasteiger partial charge in [-0.25, -0.2) is 0 Å². The number of carbonyl (C=O) groups is 1. The van der Waals surface area contributed by atoms with Gasteiger partial charge in [-0.2, -0.15) is 0 Å². The Kier molecular flexibility index (Phi) is 3.53. The molecule has 6 heteroatoms. The van der Waals surface area contributed by atoms with E-state index in [0.717, 1.165) is 25.7 Å². The van der Waals surface area contributed by atoms with Gasteiger partial charge in [0.05, 0.1) is 10.5 Å². The number of phenolic OH excluding ortho intramolecular Hbond substituents is 1. The Bertz CT molecular complexity index is 587. The van der Waals surface area contributed by atoms with Crippen LogP contribution in [-0.4, -0.2) is 33.4 Å². The number of benzene rings is 1. The van der Waals surface area contributed by atoms with Crippen LogP contribution in [-0.2, 0) is 0 Å². The highest BCUT2D eigenvalue weighted by Crippen LogP contribution is 2.38. The summed E-state index contributed by atoms with van der Waals surface area (Å²) in [4.78, 5) is 24.6. The lowest BCUT2D eigenvalue weighted by atomic mass is 9.85. The van der Waals surface area contributed by atoms with Crippen molar-refractivity contribution in [2.75, 3.05) is 6.54 Å². The molecule has 2 unspecified atom stereocenters. The van der Waals surface area contributed by atoms with E-state index in [-0.39, 0.29) is 17.5 Å². The van der Waals surface area contributed by atoms with Crippen LogP contribution in [0.3, 0.4) is 0 Å². The van der Waals surface area contributed by atoms with Crippen molar-refractivity contribution in [3.05, 3.63) is 33.9 Å². The maximum absolute atomic E-state index is 12.6. The van der Waals surface area contributed by atoms with E-state index in [2.05, 4.69) is 0 Å². The molecule has 1 N–H and O–H groups in total. The van der Waals surface area contributed by atoms with E-state index in [4.69, 9.17) is 0 Å². The third-order valence-electron chi connectivity index (χ3n) is 4.71. The van der Waals surface area contributed by atoms with Crippen LogP contribution in [0.2, 0.25) is 0 Å². The second kappa shape index (κ2) is 5.35. The number of likely N-dealkylation sites (tertiary alicyclic amines) is 1. The Morgan fingerprint density at radius 1 is 1.29 bits per heavy atom. The summed E-state index contributed by atoms with van der Waals surface area (Å²) in [7, 11) is 0. The molecular weight excluding hydrogens is 272 g/mol. The largest absolute Gasteiger partial charge is 0.502 e. The second-order valence-corrected chi connectivity index (χ2v) is 5.83. The quantitative estimate of drug-likeness (QED) is 0.670. The topological polar surface area (TPSA) is 83.7 Å². The molecule has 1 aromatic carbocycles. The summed E-state index contributed by atoms with van der Waals surface area (Å²) in [5.74, 6) is -0.263. The molecule has 1 aliphatic carbocycles. The molecule has 3 rings (SSSR count). The van der Waals surface area contributed by atoms with Crippen molar-refractivity contribution in [2.24, 2.45) is 5.92 Å². The van der Waals surface area contributed by atoms with Crippen LogP contribution in [0.4, 0.5) is 5.69 Å². The van der Waals surface area contributed by atoms with Gasteiger partial charge in [0.25, 0.3) is 5.91 Å². The fourth-order valence-electron chi connectivity index (χ4n) is 3.66. The summed E-state index contributed by atoms with van der Waals surface area (Å²) in [6, 6.07) is 4.34. The standard InChI is InChI=1S/C15H18N2O4/c18-14-11(5-3-7-13(14)17(20)21)15(19)16-9-8-10-4-1-2-6-12(10)16/h3,5,7,10,12,18H,1-2,4,6,8-9H2. The van der Waals surface area contributed by atoms with Gasteiger partial charge in [0.1, 0.15) is 0 Å². The number of aromatic hydroxyl groups is 1. The van der Waals surface area contributed by atoms with Gasteiger partial charge in [-0.1, -0.05) is 18.9 Å². The van der Waals surface area contributed by atoms with Crippen molar-refractivity contribution in [1.82, 2.24) is 4.90 Å². The fourth-order valence-corrected chi connectivity index (χ4v) is 3.66. The predicted molar refractivity (Wildman–Crippen MR) is 76.2 cm³/mol. The molecular formula is C15H18N2O4. The third kappa shape index (κ3) is 2.34. The van der Waals surface area contributed by atoms with Crippen LogP contribution in [0, 0.1) is 16.0 Å². The van der Waals surface area contributed by atoms with Crippen LogP contribution >= 0.6 is 0 Å². The SMILES string of the molecule is O=C(c1cccc([N+](=O)[O-])c1O)N1CCC2CCCCC21. The maximum atomic E-state index is 12.6. The molecule has 1 amide bonds. The molecule has 0 radical (unpaired) electrons. The molecule has 6 nitrogen and oxygen atoms in total. The van der Waals surface area contributed by atoms with Crippen molar-refractivity contribution in [1.29, 1.82) is 0 Å². The van der Waals surface area contributed by atoms with Crippen molar-refractivity contribution in [3.8, 4) is 5.75 Å². The predicted octanol–water partition coefficient (Wildman–Crippen LogP) is 2.71. The first-order chi connectivity index (χ1) is 10.1. The van der Waals surface area contributed by atoms with Crippen molar-refractivity contribution in [2.45, 2.75) is 38.1 Å². The van der Waals surface area contributed by atoms with E-state index in [9.17, 15) is 20.0 Å². The number of nitro groups is 1. The number of amides is 1. The summed E-state index contributed by atoms with van der Waals surface area (Å²) in [6.45, 7) is 0.677. The zero-order valence-corrected chi connectivity index (χ0v) is 11.7. The molecule has 21 heavy (non-hydrogen) atoms. The van der Waals surface area contributed by atoms with E-state index < -0.39 is 16.4 Å². The summed E-state index contributed by atoms with van der Waals surface area (Å²) in [5, 5.41) is 20.9. The molecule has 112 valence electrons. The van der Waals surface area contributed by atoms with Crippen LogP contribution in [0.5, 0.6) is 5.75 Å². The molecule has 2 aliphatic rings. The number of para-hydroxylation sites is 1. The lowest BCUT2D eigenvalue weighted by Crippen LogP contribution is -2.39. The highest BCUT2D eigenvalue weighted by atomic mass is 16.6. The number of phenols is 1. The molecule has 0 spiro atoms. The lowest BCUT2D eigenvalue weighted by Gasteiger charge is -2.31. The van der Waals surface area contributed by atoms with E-state index >= 15 is 0 Å². The average Bonchev–Trinajstić information content (AvgIpc) is 2.90. The van der Waals surface area contributed by atoms with E-state index in [1.54, 1.807) is 4.90 Å². The Labute approximate surface area is 122 Å². The van der Waals surface area contributed by atoms with Crippen LogP contribution < -0.4 is 0 Å². The normalized spacial score (nSPS) is 24.7. The maximum Gasteiger partial charge on any atom is 0.311 e. The fraction of sp³-hybridized carbons (Fsp3) is 0.533. The van der Waals surface area contributed by atoms with Crippen LogP contribution in [0.25, 0.3) is 0 Å². The number of fused-ring (bicyclic) bond motifs is 1. The zero-order valence-electron chi connectivity index (χ0n) is 11.7. The molecule has 1 heterocycles. The van der Waals surface area contributed by atoms with Crippen LogP contribution in [0.1, 0.15) is 42.5 Å². The number of hydrogen-bond acceptors (Lipinski definition) is 4. The van der Waals surface area contributed by atoms with Gasteiger partial charge in [0, 0.05) is 18.7 Å². The summed E-state index contributed by atoms with van der Waals surface area (Å²) in [6.07, 6.45) is 5.46. The molecule has 0 bridgehead atoms. The minimum absolute atomic E-state index is 0.0374. The highest BCUT2D eigenvalue weighted by Gasteiger charge is 2.39. The molecule has 0 aromatic heterocycles. The first-order valence-corrected chi connectivity index (χ1v) is 7.37. The monoisotopic (exact) mass is 290 g/mol. The first-order valence-electron chi connectivity index (χ1n) is 7.37. The molecule has 1 aliphatic heterocycles. The Morgan fingerprint density at radius 3 is 2.81 bits per heavy atom. The molecule has 1 saturated carbocycles. The van der Waals surface area contributed by atoms with E-state index in [0.29, 0.717) is 12.5 Å². The second-order valence-electron chi connectivity index (χ2n) is 5.83. The Hall–Kier alpha value is -2.11. The zero-order chi connectivity index (χ0) is 15.0. The number of nitro benzene ring substituents is 1. The van der Waals surface area contributed by atoms with Gasteiger partial charge in [0.15, 0.2) is 0 Å². The lowest BCUT2D eigenvalue weighted by molar-refractivity contribution is -0.385. The third-order valence-corrected chi connectivity index (χ3v) is 4.71. The van der Waals surface area contributed by atoms with Crippen molar-refractivity contribution in [3.63, 3.8) is 0 Å². The van der Waals surface area contributed by atoms with Gasteiger partial charge in [-0.05, 0) is 31.2 Å². The van der Waals surface area contributed by atoms with Crippen molar-refractivity contribution >= 4 is 11.6 Å². The number of rotatable bonds is 2. The first kappa shape index (κ1) is 13.9. The minimum Gasteiger partial charge on any atom is -0.502 e. The number of hydrogen-bond donors (Lipinski definition) is 1. The molecule has 2 fully saturated rings.